The molecule has 3 heterocycles. The maximum atomic E-state index is 14.4. The molecule has 2 aromatic heterocycles. The van der Waals surface area contributed by atoms with Gasteiger partial charge in [-0.1, -0.05) is 49.7 Å². The fourth-order valence-electron chi connectivity index (χ4n) is 5.35. The molecule has 0 bridgehead atoms. The number of amides is 1. The summed E-state index contributed by atoms with van der Waals surface area (Å²) in [5, 5.41) is 2.56. The van der Waals surface area contributed by atoms with Crippen LogP contribution in [0.4, 0.5) is 8.78 Å². The molecule has 5 rings (SSSR count). The van der Waals surface area contributed by atoms with Gasteiger partial charge in [-0.05, 0) is 56.7 Å². The molecule has 0 unspecified atom stereocenters. The molecular formula is C33H34ClF2N3O3S. The van der Waals surface area contributed by atoms with E-state index in [2.05, 4.69) is 0 Å². The SMILES string of the molecule is CCOc1ccc(Cl)c(-n2c(CC(C)C)c(C(=O)N3CCCCC3)cc(-c3nc(-c4ccc(C(F)F)cc4)cs3)c2=O)c1. The van der Waals surface area contributed by atoms with Crippen LogP contribution in [0.3, 0.4) is 0 Å². The van der Waals surface area contributed by atoms with E-state index >= 15 is 0 Å². The standard InChI is InChI=1S/C33H34ClF2N3O3S/c1-4-42-23-12-13-26(34)29(17-23)39-28(16-20(2)3)24(32(40)38-14-6-5-7-15-38)18-25(33(39)41)31-37-27(19-43-31)21-8-10-22(11-9-21)30(35)36/h8-13,17-20,30H,4-7,14-16H2,1-3H3. The van der Waals surface area contributed by atoms with Crippen molar-refractivity contribution in [3.05, 3.63) is 86.1 Å². The molecule has 1 aliphatic rings. The Labute approximate surface area is 258 Å². The lowest BCUT2D eigenvalue weighted by molar-refractivity contribution is 0.0722. The molecule has 1 saturated heterocycles. The molecule has 226 valence electrons. The molecule has 1 fully saturated rings. The Morgan fingerprint density at radius 1 is 1.07 bits per heavy atom. The number of rotatable bonds is 9. The number of thiazole rings is 1. The highest BCUT2D eigenvalue weighted by Crippen LogP contribution is 2.33. The molecule has 43 heavy (non-hydrogen) atoms. The molecule has 6 nitrogen and oxygen atoms in total. The third kappa shape index (κ3) is 6.68. The monoisotopic (exact) mass is 625 g/mol. The van der Waals surface area contributed by atoms with Gasteiger partial charge < -0.3 is 9.64 Å². The first-order chi connectivity index (χ1) is 20.7. The predicted octanol–water partition coefficient (Wildman–Crippen LogP) is 8.44. The minimum Gasteiger partial charge on any atom is -0.494 e. The van der Waals surface area contributed by atoms with Crippen molar-refractivity contribution in [1.29, 1.82) is 0 Å². The number of hydrogen-bond acceptors (Lipinski definition) is 5. The van der Waals surface area contributed by atoms with E-state index in [-0.39, 0.29) is 28.5 Å². The molecule has 4 aromatic rings. The summed E-state index contributed by atoms with van der Waals surface area (Å²) in [6, 6.07) is 12.8. The topological polar surface area (TPSA) is 64.4 Å². The van der Waals surface area contributed by atoms with E-state index in [4.69, 9.17) is 21.3 Å². The quantitative estimate of drug-likeness (QED) is 0.187. The summed E-state index contributed by atoms with van der Waals surface area (Å²) in [6.07, 6.45) is 0.847. The van der Waals surface area contributed by atoms with Crippen molar-refractivity contribution in [3.63, 3.8) is 0 Å². The van der Waals surface area contributed by atoms with Gasteiger partial charge in [0.05, 0.1) is 34.1 Å². The zero-order valence-electron chi connectivity index (χ0n) is 24.4. The lowest BCUT2D eigenvalue weighted by Gasteiger charge is -2.29. The molecule has 0 N–H and O–H groups in total. The van der Waals surface area contributed by atoms with Gasteiger partial charge in [-0.2, -0.15) is 0 Å². The number of piperidine rings is 1. The number of ether oxygens (including phenoxy) is 1. The second-order valence-corrected chi connectivity index (χ2v) is 12.3. The Bertz CT molecular complexity index is 1660. The highest BCUT2D eigenvalue weighted by Gasteiger charge is 2.28. The molecular weight excluding hydrogens is 592 g/mol. The van der Waals surface area contributed by atoms with Crippen LogP contribution in [0.1, 0.15) is 68.1 Å². The molecule has 2 aromatic carbocycles. The van der Waals surface area contributed by atoms with Gasteiger partial charge in [0.25, 0.3) is 17.9 Å². The average Bonchev–Trinajstić information content (AvgIpc) is 3.49. The van der Waals surface area contributed by atoms with Gasteiger partial charge in [-0.25, -0.2) is 13.8 Å². The van der Waals surface area contributed by atoms with Crippen LogP contribution in [0.15, 0.2) is 58.7 Å². The molecule has 10 heteroatoms. The van der Waals surface area contributed by atoms with Crippen LogP contribution in [-0.2, 0) is 6.42 Å². The van der Waals surface area contributed by atoms with Crippen LogP contribution >= 0.6 is 22.9 Å². The highest BCUT2D eigenvalue weighted by molar-refractivity contribution is 7.13. The fourth-order valence-corrected chi connectivity index (χ4v) is 6.39. The van der Waals surface area contributed by atoms with Crippen molar-refractivity contribution < 1.29 is 18.3 Å². The van der Waals surface area contributed by atoms with Crippen molar-refractivity contribution in [3.8, 4) is 33.3 Å². The number of hydrogen-bond donors (Lipinski definition) is 0. The van der Waals surface area contributed by atoms with Crippen molar-refractivity contribution in [2.24, 2.45) is 5.92 Å². The number of likely N-dealkylation sites (tertiary alicyclic amines) is 1. The summed E-state index contributed by atoms with van der Waals surface area (Å²) < 4.78 is 33.5. The number of aromatic nitrogens is 2. The van der Waals surface area contributed by atoms with Crippen molar-refractivity contribution in [2.45, 2.75) is 52.9 Å². The van der Waals surface area contributed by atoms with E-state index in [0.717, 1.165) is 19.3 Å². The zero-order chi connectivity index (χ0) is 30.7. The maximum Gasteiger partial charge on any atom is 0.265 e. The van der Waals surface area contributed by atoms with Crippen LogP contribution < -0.4 is 10.3 Å². The summed E-state index contributed by atoms with van der Waals surface area (Å²) in [4.78, 5) is 35.1. The van der Waals surface area contributed by atoms with Crippen molar-refractivity contribution in [1.82, 2.24) is 14.5 Å². The van der Waals surface area contributed by atoms with Crippen molar-refractivity contribution >= 4 is 28.8 Å². The zero-order valence-corrected chi connectivity index (χ0v) is 26.0. The lowest BCUT2D eigenvalue weighted by Crippen LogP contribution is -2.38. The molecule has 0 saturated carbocycles. The van der Waals surface area contributed by atoms with Gasteiger partial charge >= 0.3 is 0 Å². The molecule has 0 radical (unpaired) electrons. The first kappa shape index (κ1) is 30.9. The van der Waals surface area contributed by atoms with Crippen LogP contribution in [0, 0.1) is 5.92 Å². The third-order valence-electron chi connectivity index (χ3n) is 7.44. The van der Waals surface area contributed by atoms with E-state index in [1.807, 2.05) is 25.7 Å². The molecule has 0 spiro atoms. The van der Waals surface area contributed by atoms with Crippen LogP contribution in [0.2, 0.25) is 5.02 Å². The number of nitrogens with zero attached hydrogens (tertiary/aromatic N) is 3. The molecule has 1 amide bonds. The average molecular weight is 626 g/mol. The number of pyridine rings is 1. The number of halogens is 3. The summed E-state index contributed by atoms with van der Waals surface area (Å²) in [7, 11) is 0. The summed E-state index contributed by atoms with van der Waals surface area (Å²) in [5.41, 5.74) is 2.52. The van der Waals surface area contributed by atoms with E-state index in [9.17, 15) is 18.4 Å². The first-order valence-corrected chi connectivity index (χ1v) is 15.8. The second kappa shape index (κ2) is 13.4. The number of carbonyl (C=O) groups is 1. The Morgan fingerprint density at radius 2 is 1.79 bits per heavy atom. The molecule has 1 aliphatic heterocycles. The minimum atomic E-state index is -2.56. The molecule has 0 atom stereocenters. The minimum absolute atomic E-state index is 0.0742. The highest BCUT2D eigenvalue weighted by atomic mass is 35.5. The van der Waals surface area contributed by atoms with E-state index < -0.39 is 6.43 Å². The molecule has 0 aliphatic carbocycles. The maximum absolute atomic E-state index is 14.4. The Balaban J connectivity index is 1.73. The smallest absolute Gasteiger partial charge is 0.265 e. The second-order valence-electron chi connectivity index (χ2n) is 11.0. The number of alkyl halides is 2. The summed E-state index contributed by atoms with van der Waals surface area (Å²) in [5.74, 6) is 0.574. The summed E-state index contributed by atoms with van der Waals surface area (Å²) in [6.45, 7) is 7.72. The fraction of sp³-hybridized carbons (Fsp3) is 0.364. The Kier molecular flexibility index (Phi) is 9.62. The summed E-state index contributed by atoms with van der Waals surface area (Å²) >= 11 is 7.99. The van der Waals surface area contributed by atoms with Crippen LogP contribution in [0.25, 0.3) is 27.5 Å². The van der Waals surface area contributed by atoms with Gasteiger partial charge in [-0.15, -0.1) is 11.3 Å². The largest absolute Gasteiger partial charge is 0.494 e. The van der Waals surface area contributed by atoms with E-state index in [0.29, 0.717) is 70.1 Å². The number of carbonyl (C=O) groups excluding carboxylic acids is 1. The van der Waals surface area contributed by atoms with Crippen LogP contribution in [-0.4, -0.2) is 40.1 Å². The lowest BCUT2D eigenvalue weighted by atomic mass is 9.98. The van der Waals surface area contributed by atoms with Gasteiger partial charge in [0, 0.05) is 41.4 Å². The Hall–Kier alpha value is -3.56. The van der Waals surface area contributed by atoms with Crippen LogP contribution in [0.5, 0.6) is 5.75 Å². The first-order valence-electron chi connectivity index (χ1n) is 14.5. The predicted molar refractivity (Wildman–Crippen MR) is 168 cm³/mol. The van der Waals surface area contributed by atoms with Gasteiger partial charge in [-0.3, -0.25) is 14.2 Å². The van der Waals surface area contributed by atoms with Crippen molar-refractivity contribution in [2.75, 3.05) is 19.7 Å². The Morgan fingerprint density at radius 3 is 2.44 bits per heavy atom. The number of benzene rings is 2. The third-order valence-corrected chi connectivity index (χ3v) is 8.64. The van der Waals surface area contributed by atoms with Gasteiger partial charge in [0.15, 0.2) is 0 Å². The normalized spacial score (nSPS) is 13.6. The van der Waals surface area contributed by atoms with E-state index in [1.54, 1.807) is 46.3 Å². The van der Waals surface area contributed by atoms with Gasteiger partial charge in [0.2, 0.25) is 0 Å². The van der Waals surface area contributed by atoms with Gasteiger partial charge in [0.1, 0.15) is 10.8 Å². The van der Waals surface area contributed by atoms with E-state index in [1.165, 1.54) is 23.5 Å².